The first kappa shape index (κ1) is 19.2. The Hall–Kier alpha value is -3.14. The molecule has 0 fully saturated rings. The Labute approximate surface area is 148 Å². The lowest BCUT2D eigenvalue weighted by atomic mass is 10.0. The van der Waals surface area contributed by atoms with Crippen molar-refractivity contribution in [2.45, 2.75) is 6.18 Å². The number of nitro groups is 1. The maximum absolute atomic E-state index is 12.8. The van der Waals surface area contributed by atoms with E-state index in [0.29, 0.717) is 12.1 Å². The lowest BCUT2D eigenvalue weighted by Crippen LogP contribution is -2.18. The van der Waals surface area contributed by atoms with E-state index >= 15 is 0 Å². The Morgan fingerprint density at radius 1 is 1.19 bits per heavy atom. The number of alkyl halides is 3. The van der Waals surface area contributed by atoms with Crippen molar-refractivity contribution in [2.24, 2.45) is 0 Å². The minimum absolute atomic E-state index is 0.228. The third-order valence-corrected chi connectivity index (χ3v) is 3.57. The first-order valence-electron chi connectivity index (χ1n) is 6.71. The molecule has 0 radical (unpaired) electrons. The van der Waals surface area contributed by atoms with Crippen LogP contribution in [-0.4, -0.2) is 21.9 Å². The number of benzene rings is 2. The molecule has 26 heavy (non-hydrogen) atoms. The fourth-order valence-corrected chi connectivity index (χ4v) is 2.26. The van der Waals surface area contributed by atoms with Crippen molar-refractivity contribution < 1.29 is 32.8 Å². The summed E-state index contributed by atoms with van der Waals surface area (Å²) in [5.74, 6) is -2.90. The van der Waals surface area contributed by atoms with Gasteiger partial charge in [0.1, 0.15) is 5.56 Å². The van der Waals surface area contributed by atoms with Gasteiger partial charge in [0.05, 0.1) is 26.8 Å². The van der Waals surface area contributed by atoms with Crippen LogP contribution in [0.1, 0.15) is 26.3 Å². The molecule has 136 valence electrons. The van der Waals surface area contributed by atoms with Crippen LogP contribution >= 0.6 is 11.6 Å². The zero-order valence-corrected chi connectivity index (χ0v) is 13.3. The van der Waals surface area contributed by atoms with Crippen LogP contribution in [0, 0.1) is 10.1 Å². The number of carbonyl (C=O) groups excluding carboxylic acids is 1. The Kier molecular flexibility index (Phi) is 5.17. The van der Waals surface area contributed by atoms with E-state index in [2.05, 4.69) is 0 Å². The van der Waals surface area contributed by atoms with Crippen LogP contribution in [0.4, 0.5) is 24.5 Å². The van der Waals surface area contributed by atoms with Crippen molar-refractivity contribution in [3.05, 3.63) is 68.2 Å². The molecule has 0 aliphatic carbocycles. The minimum Gasteiger partial charge on any atom is -0.477 e. The molecule has 0 heterocycles. The van der Waals surface area contributed by atoms with E-state index in [-0.39, 0.29) is 5.02 Å². The molecule has 11 heteroatoms. The lowest BCUT2D eigenvalue weighted by Gasteiger charge is -2.12. The van der Waals surface area contributed by atoms with Crippen molar-refractivity contribution in [3.8, 4) is 0 Å². The van der Waals surface area contributed by atoms with E-state index in [1.54, 1.807) is 0 Å². The second-order valence-electron chi connectivity index (χ2n) is 4.91. The second-order valence-corrected chi connectivity index (χ2v) is 5.32. The summed E-state index contributed by atoms with van der Waals surface area (Å²) in [6, 6.07) is 5.13. The Morgan fingerprint density at radius 3 is 2.38 bits per heavy atom. The number of nitro benzene ring substituents is 1. The van der Waals surface area contributed by atoms with Gasteiger partial charge < -0.3 is 10.4 Å². The van der Waals surface area contributed by atoms with E-state index < -0.39 is 51.0 Å². The largest absolute Gasteiger partial charge is 0.477 e. The fraction of sp³-hybridized carbons (Fsp3) is 0.0667. The SMILES string of the molecule is O=C(Nc1cc(C(F)(F)F)ccc1Cl)c1cccc([N+](=O)[O-])c1C(=O)O. The molecule has 2 aromatic rings. The number of anilines is 1. The highest BCUT2D eigenvalue weighted by molar-refractivity contribution is 6.34. The van der Waals surface area contributed by atoms with Crippen LogP contribution in [-0.2, 0) is 6.18 Å². The monoisotopic (exact) mass is 388 g/mol. The maximum atomic E-state index is 12.8. The first-order valence-corrected chi connectivity index (χ1v) is 7.09. The molecular formula is C15H8ClF3N2O5. The zero-order valence-electron chi connectivity index (χ0n) is 12.5. The van der Waals surface area contributed by atoms with Gasteiger partial charge in [-0.05, 0) is 24.3 Å². The summed E-state index contributed by atoms with van der Waals surface area (Å²) in [6.45, 7) is 0. The molecule has 2 rings (SSSR count). The Balaban J connectivity index is 2.48. The molecule has 2 N–H and O–H groups in total. The van der Waals surface area contributed by atoms with Gasteiger partial charge >= 0.3 is 12.1 Å². The molecular weight excluding hydrogens is 381 g/mol. The number of amides is 1. The third kappa shape index (κ3) is 3.91. The minimum atomic E-state index is -4.69. The number of rotatable bonds is 4. The molecule has 1 amide bonds. The van der Waals surface area contributed by atoms with Crippen LogP contribution in [0.5, 0.6) is 0 Å². The predicted molar refractivity (Wildman–Crippen MR) is 84.5 cm³/mol. The molecule has 0 saturated carbocycles. The average molecular weight is 389 g/mol. The molecule has 0 aliphatic rings. The summed E-state index contributed by atoms with van der Waals surface area (Å²) in [5, 5.41) is 21.9. The molecule has 2 aromatic carbocycles. The number of aromatic carboxylic acids is 1. The van der Waals surface area contributed by atoms with E-state index in [4.69, 9.17) is 16.7 Å². The topological polar surface area (TPSA) is 110 Å². The van der Waals surface area contributed by atoms with E-state index in [9.17, 15) is 32.9 Å². The highest BCUT2D eigenvalue weighted by Gasteiger charge is 2.32. The van der Waals surface area contributed by atoms with Crippen LogP contribution in [0.3, 0.4) is 0 Å². The predicted octanol–water partition coefficient (Wildman–Crippen LogP) is 4.22. The number of carboxylic acid groups (broad SMARTS) is 1. The summed E-state index contributed by atoms with van der Waals surface area (Å²) in [4.78, 5) is 33.5. The number of carbonyl (C=O) groups is 2. The number of nitrogens with zero attached hydrogens (tertiary/aromatic N) is 1. The number of carboxylic acids is 1. The molecule has 0 saturated heterocycles. The van der Waals surface area contributed by atoms with Crippen molar-refractivity contribution in [1.82, 2.24) is 0 Å². The van der Waals surface area contributed by atoms with Crippen molar-refractivity contribution >= 4 is 34.9 Å². The number of hydrogen-bond donors (Lipinski definition) is 2. The van der Waals surface area contributed by atoms with Gasteiger partial charge in [0.15, 0.2) is 0 Å². The van der Waals surface area contributed by atoms with Gasteiger partial charge in [0.25, 0.3) is 11.6 Å². The molecule has 7 nitrogen and oxygen atoms in total. The number of nitrogens with one attached hydrogen (secondary N) is 1. The summed E-state index contributed by atoms with van der Waals surface area (Å²) >= 11 is 5.76. The highest BCUT2D eigenvalue weighted by Crippen LogP contribution is 2.34. The second kappa shape index (κ2) is 7.00. The van der Waals surface area contributed by atoms with Crippen molar-refractivity contribution in [3.63, 3.8) is 0 Å². The van der Waals surface area contributed by atoms with Gasteiger partial charge in [-0.2, -0.15) is 13.2 Å². The first-order chi connectivity index (χ1) is 12.0. The van der Waals surface area contributed by atoms with E-state index in [1.807, 2.05) is 5.32 Å². The standard InChI is InChI=1S/C15H8ClF3N2O5/c16-9-5-4-7(15(17,18)19)6-10(9)20-13(22)8-2-1-3-11(21(25)26)12(8)14(23)24/h1-6H,(H,20,22)(H,23,24). The fourth-order valence-electron chi connectivity index (χ4n) is 2.09. The van der Waals surface area contributed by atoms with Crippen LogP contribution < -0.4 is 5.32 Å². The van der Waals surface area contributed by atoms with E-state index in [1.165, 1.54) is 0 Å². The average Bonchev–Trinajstić information content (AvgIpc) is 2.54. The normalized spacial score (nSPS) is 11.1. The third-order valence-electron chi connectivity index (χ3n) is 3.24. The van der Waals surface area contributed by atoms with Gasteiger partial charge in [-0.15, -0.1) is 0 Å². The van der Waals surface area contributed by atoms with Gasteiger partial charge in [-0.3, -0.25) is 14.9 Å². The van der Waals surface area contributed by atoms with E-state index in [0.717, 1.165) is 24.3 Å². The molecule has 0 spiro atoms. The van der Waals surface area contributed by atoms with Crippen LogP contribution in [0.15, 0.2) is 36.4 Å². The van der Waals surface area contributed by atoms with Gasteiger partial charge in [0, 0.05) is 6.07 Å². The quantitative estimate of drug-likeness (QED) is 0.602. The summed E-state index contributed by atoms with van der Waals surface area (Å²) in [5.41, 5.74) is -3.83. The molecule has 0 aromatic heterocycles. The maximum Gasteiger partial charge on any atom is 0.416 e. The Morgan fingerprint density at radius 2 is 1.85 bits per heavy atom. The van der Waals surface area contributed by atoms with Crippen molar-refractivity contribution in [2.75, 3.05) is 5.32 Å². The molecule has 0 aliphatic heterocycles. The lowest BCUT2D eigenvalue weighted by molar-refractivity contribution is -0.385. The smallest absolute Gasteiger partial charge is 0.416 e. The summed E-state index contributed by atoms with van der Waals surface area (Å²) in [6.07, 6.45) is -4.69. The summed E-state index contributed by atoms with van der Waals surface area (Å²) in [7, 11) is 0. The molecule has 0 bridgehead atoms. The van der Waals surface area contributed by atoms with Crippen LogP contribution in [0.25, 0.3) is 0 Å². The number of halogens is 4. The molecule has 0 atom stereocenters. The van der Waals surface area contributed by atoms with Crippen LogP contribution in [0.2, 0.25) is 5.02 Å². The van der Waals surface area contributed by atoms with Crippen molar-refractivity contribution in [1.29, 1.82) is 0 Å². The van der Waals surface area contributed by atoms with Gasteiger partial charge in [-0.1, -0.05) is 17.7 Å². The highest BCUT2D eigenvalue weighted by atomic mass is 35.5. The molecule has 0 unspecified atom stereocenters. The number of hydrogen-bond acceptors (Lipinski definition) is 4. The van der Waals surface area contributed by atoms with Gasteiger partial charge in [0.2, 0.25) is 0 Å². The Bertz CT molecular complexity index is 915. The zero-order chi connectivity index (χ0) is 19.6. The summed E-state index contributed by atoms with van der Waals surface area (Å²) < 4.78 is 38.3. The van der Waals surface area contributed by atoms with Gasteiger partial charge in [-0.25, -0.2) is 4.79 Å².